The molecule has 0 unspecified atom stereocenters. The van der Waals surface area contributed by atoms with Crippen LogP contribution in [0.2, 0.25) is 0 Å². The number of anilines is 1. The molecule has 0 aliphatic heterocycles. The number of hydrogen-bond donors (Lipinski definition) is 2. The first-order valence-electron chi connectivity index (χ1n) is 6.78. The van der Waals surface area contributed by atoms with Crippen molar-refractivity contribution < 1.29 is 4.39 Å². The van der Waals surface area contributed by atoms with Crippen molar-refractivity contribution in [2.75, 3.05) is 18.4 Å². The quantitative estimate of drug-likeness (QED) is 0.761. The zero-order valence-electron chi connectivity index (χ0n) is 11.6. The van der Waals surface area contributed by atoms with E-state index in [0.717, 1.165) is 37.2 Å². The summed E-state index contributed by atoms with van der Waals surface area (Å²) in [7, 11) is 0. The average molecular weight is 274 g/mol. The molecule has 0 fully saturated rings. The van der Waals surface area contributed by atoms with Gasteiger partial charge < -0.3 is 10.6 Å². The second kappa shape index (κ2) is 7.55. The van der Waals surface area contributed by atoms with Crippen LogP contribution < -0.4 is 10.6 Å². The Kier molecular flexibility index (Phi) is 5.43. The minimum Gasteiger partial charge on any atom is -0.355 e. The first kappa shape index (κ1) is 14.4. The highest BCUT2D eigenvalue weighted by Gasteiger charge is 1.97. The Bertz CT molecular complexity index is 510. The molecule has 1 aromatic carbocycles. The third-order valence-electron chi connectivity index (χ3n) is 2.87. The normalized spacial score (nSPS) is 10.5. The Balaban J connectivity index is 1.71. The van der Waals surface area contributed by atoms with E-state index >= 15 is 0 Å². The smallest absolute Gasteiger partial charge is 0.222 e. The van der Waals surface area contributed by atoms with Gasteiger partial charge in [0.1, 0.15) is 5.82 Å². The molecule has 0 amide bonds. The summed E-state index contributed by atoms with van der Waals surface area (Å²) in [6, 6.07) is 6.60. The van der Waals surface area contributed by atoms with E-state index in [0.29, 0.717) is 5.95 Å². The lowest BCUT2D eigenvalue weighted by molar-refractivity contribution is 0.626. The Hall–Kier alpha value is -2.01. The van der Waals surface area contributed by atoms with Gasteiger partial charge >= 0.3 is 0 Å². The first-order valence-corrected chi connectivity index (χ1v) is 6.78. The minimum atomic E-state index is -0.195. The van der Waals surface area contributed by atoms with E-state index in [-0.39, 0.29) is 5.82 Å². The van der Waals surface area contributed by atoms with Crippen LogP contribution in [0.5, 0.6) is 0 Å². The standard InChI is InChI=1S/C15H19FN4/c1-2-18-15-19-10-13(11-20-15)9-17-8-7-12-3-5-14(16)6-4-12/h3-6,10-11,17H,2,7-9H2,1H3,(H,18,19,20). The van der Waals surface area contributed by atoms with Gasteiger partial charge in [-0.05, 0) is 37.6 Å². The lowest BCUT2D eigenvalue weighted by atomic mass is 10.1. The fourth-order valence-corrected chi connectivity index (χ4v) is 1.81. The second-order valence-corrected chi connectivity index (χ2v) is 4.50. The van der Waals surface area contributed by atoms with Crippen LogP contribution in [0.25, 0.3) is 0 Å². The number of rotatable bonds is 7. The molecule has 4 nitrogen and oxygen atoms in total. The number of aromatic nitrogens is 2. The number of nitrogens with one attached hydrogen (secondary N) is 2. The largest absolute Gasteiger partial charge is 0.355 e. The highest BCUT2D eigenvalue weighted by atomic mass is 19.1. The SMILES string of the molecule is CCNc1ncc(CNCCc2ccc(F)cc2)cn1. The van der Waals surface area contributed by atoms with Crippen molar-refractivity contribution in [3.8, 4) is 0 Å². The fourth-order valence-electron chi connectivity index (χ4n) is 1.81. The minimum absolute atomic E-state index is 0.195. The van der Waals surface area contributed by atoms with Crippen LogP contribution in [-0.4, -0.2) is 23.1 Å². The molecule has 0 atom stereocenters. The summed E-state index contributed by atoms with van der Waals surface area (Å²) in [5.41, 5.74) is 2.17. The molecule has 0 spiro atoms. The topological polar surface area (TPSA) is 49.8 Å². The van der Waals surface area contributed by atoms with Gasteiger partial charge in [0.25, 0.3) is 0 Å². The third kappa shape index (κ3) is 4.59. The summed E-state index contributed by atoms with van der Waals surface area (Å²) >= 11 is 0. The molecule has 1 aromatic heterocycles. The number of benzene rings is 1. The molecule has 1 heterocycles. The Morgan fingerprint density at radius 3 is 2.40 bits per heavy atom. The van der Waals surface area contributed by atoms with Gasteiger partial charge in [-0.25, -0.2) is 14.4 Å². The number of hydrogen-bond acceptors (Lipinski definition) is 4. The van der Waals surface area contributed by atoms with Crippen molar-refractivity contribution in [3.05, 3.63) is 53.6 Å². The van der Waals surface area contributed by atoms with Gasteiger partial charge in [0.15, 0.2) is 0 Å². The van der Waals surface area contributed by atoms with E-state index < -0.39 is 0 Å². The summed E-state index contributed by atoms with van der Waals surface area (Å²) in [6.45, 7) is 4.39. The molecule has 0 bridgehead atoms. The van der Waals surface area contributed by atoms with Gasteiger partial charge in [-0.15, -0.1) is 0 Å². The average Bonchev–Trinajstić information content (AvgIpc) is 2.47. The van der Waals surface area contributed by atoms with Crippen molar-refractivity contribution in [2.24, 2.45) is 0 Å². The van der Waals surface area contributed by atoms with E-state index in [9.17, 15) is 4.39 Å². The maximum Gasteiger partial charge on any atom is 0.222 e. The van der Waals surface area contributed by atoms with Crippen LogP contribution >= 0.6 is 0 Å². The summed E-state index contributed by atoms with van der Waals surface area (Å²) in [5, 5.41) is 6.38. The maximum absolute atomic E-state index is 12.7. The first-order chi connectivity index (χ1) is 9.78. The van der Waals surface area contributed by atoms with E-state index in [1.807, 2.05) is 31.5 Å². The summed E-state index contributed by atoms with van der Waals surface area (Å²) < 4.78 is 12.7. The summed E-state index contributed by atoms with van der Waals surface area (Å²) in [4.78, 5) is 8.42. The predicted molar refractivity (Wildman–Crippen MR) is 78.0 cm³/mol. The Morgan fingerprint density at radius 1 is 1.05 bits per heavy atom. The molecule has 0 aliphatic carbocycles. The molecule has 2 N–H and O–H groups in total. The van der Waals surface area contributed by atoms with E-state index in [1.54, 1.807) is 0 Å². The van der Waals surface area contributed by atoms with Gasteiger partial charge in [-0.2, -0.15) is 0 Å². The second-order valence-electron chi connectivity index (χ2n) is 4.50. The van der Waals surface area contributed by atoms with Crippen LogP contribution in [0, 0.1) is 5.82 Å². The van der Waals surface area contributed by atoms with Crippen molar-refractivity contribution in [1.82, 2.24) is 15.3 Å². The molecule has 2 rings (SSSR count). The zero-order chi connectivity index (χ0) is 14.2. The summed E-state index contributed by atoms with van der Waals surface area (Å²) in [5.74, 6) is 0.460. The molecule has 20 heavy (non-hydrogen) atoms. The lowest BCUT2D eigenvalue weighted by Crippen LogP contribution is -2.17. The van der Waals surface area contributed by atoms with Crippen LogP contribution in [0.15, 0.2) is 36.7 Å². The van der Waals surface area contributed by atoms with Gasteiger partial charge in [0.2, 0.25) is 5.95 Å². The van der Waals surface area contributed by atoms with Gasteiger partial charge in [-0.1, -0.05) is 12.1 Å². The Morgan fingerprint density at radius 2 is 1.75 bits per heavy atom. The molecule has 5 heteroatoms. The molecule has 0 radical (unpaired) electrons. The summed E-state index contributed by atoms with van der Waals surface area (Å²) in [6.07, 6.45) is 4.50. The lowest BCUT2D eigenvalue weighted by Gasteiger charge is -2.06. The van der Waals surface area contributed by atoms with E-state index in [1.165, 1.54) is 12.1 Å². The molecular formula is C15H19FN4. The molecule has 2 aromatic rings. The van der Waals surface area contributed by atoms with Gasteiger partial charge in [0, 0.05) is 31.0 Å². The molecule has 0 aliphatic rings. The molecule has 0 saturated heterocycles. The molecule has 106 valence electrons. The molecule has 0 saturated carbocycles. The maximum atomic E-state index is 12.7. The number of nitrogens with zero attached hydrogens (tertiary/aromatic N) is 2. The zero-order valence-corrected chi connectivity index (χ0v) is 11.6. The van der Waals surface area contributed by atoms with Crippen molar-refractivity contribution >= 4 is 5.95 Å². The number of halogens is 1. The van der Waals surface area contributed by atoms with E-state index in [4.69, 9.17) is 0 Å². The van der Waals surface area contributed by atoms with E-state index in [2.05, 4.69) is 20.6 Å². The van der Waals surface area contributed by atoms with Crippen molar-refractivity contribution in [1.29, 1.82) is 0 Å². The van der Waals surface area contributed by atoms with Crippen LogP contribution in [0.3, 0.4) is 0 Å². The van der Waals surface area contributed by atoms with Gasteiger partial charge in [-0.3, -0.25) is 0 Å². The van der Waals surface area contributed by atoms with Crippen LogP contribution in [0.4, 0.5) is 10.3 Å². The predicted octanol–water partition coefficient (Wildman–Crippen LogP) is 2.38. The van der Waals surface area contributed by atoms with Crippen LogP contribution in [-0.2, 0) is 13.0 Å². The fraction of sp³-hybridized carbons (Fsp3) is 0.333. The van der Waals surface area contributed by atoms with Crippen molar-refractivity contribution in [2.45, 2.75) is 19.9 Å². The van der Waals surface area contributed by atoms with Gasteiger partial charge in [0.05, 0.1) is 0 Å². The molecular weight excluding hydrogens is 255 g/mol. The van der Waals surface area contributed by atoms with Crippen LogP contribution in [0.1, 0.15) is 18.1 Å². The highest BCUT2D eigenvalue weighted by molar-refractivity contribution is 5.24. The monoisotopic (exact) mass is 274 g/mol. The van der Waals surface area contributed by atoms with Crippen molar-refractivity contribution in [3.63, 3.8) is 0 Å². The third-order valence-corrected chi connectivity index (χ3v) is 2.87. The Labute approximate surface area is 118 Å². The highest BCUT2D eigenvalue weighted by Crippen LogP contribution is 2.03.